The maximum atomic E-state index is 13.5. The Hall–Kier alpha value is -2.86. The Bertz CT molecular complexity index is 988. The number of halogens is 2. The van der Waals surface area contributed by atoms with Gasteiger partial charge in [0.1, 0.15) is 18.2 Å². The normalized spacial score (nSPS) is 19.2. The Labute approximate surface area is 159 Å². The molecule has 27 heavy (non-hydrogen) atoms. The van der Waals surface area contributed by atoms with Crippen molar-refractivity contribution in [2.24, 2.45) is 0 Å². The highest BCUT2D eigenvalue weighted by molar-refractivity contribution is 6.31. The van der Waals surface area contributed by atoms with Crippen molar-refractivity contribution in [3.05, 3.63) is 70.1 Å². The van der Waals surface area contributed by atoms with Crippen molar-refractivity contribution in [1.29, 1.82) is 0 Å². The molecule has 0 aromatic heterocycles. The fourth-order valence-corrected chi connectivity index (χ4v) is 3.77. The number of para-hydroxylation sites is 1. The van der Waals surface area contributed by atoms with E-state index in [4.69, 9.17) is 21.1 Å². The van der Waals surface area contributed by atoms with Gasteiger partial charge in [-0.15, -0.1) is 0 Å². The first-order valence-electron chi connectivity index (χ1n) is 8.32. The van der Waals surface area contributed by atoms with Crippen molar-refractivity contribution >= 4 is 29.2 Å². The van der Waals surface area contributed by atoms with Crippen molar-refractivity contribution in [2.45, 2.75) is 12.3 Å². The fourth-order valence-electron chi connectivity index (χ4n) is 3.60. The van der Waals surface area contributed by atoms with Gasteiger partial charge >= 0.3 is 5.97 Å². The van der Waals surface area contributed by atoms with Crippen LogP contribution in [0.3, 0.4) is 0 Å². The van der Waals surface area contributed by atoms with Gasteiger partial charge in [-0.25, -0.2) is 9.18 Å². The van der Waals surface area contributed by atoms with Crippen LogP contribution < -0.4 is 9.64 Å². The van der Waals surface area contributed by atoms with Crippen LogP contribution in [-0.4, -0.2) is 25.6 Å². The number of ether oxygens (including phenoxy) is 2. The van der Waals surface area contributed by atoms with E-state index in [0.717, 1.165) is 5.56 Å². The second-order valence-electron chi connectivity index (χ2n) is 6.26. The van der Waals surface area contributed by atoms with Crippen molar-refractivity contribution in [2.75, 3.05) is 18.6 Å². The zero-order valence-corrected chi connectivity index (χ0v) is 15.1. The van der Waals surface area contributed by atoms with E-state index in [9.17, 15) is 14.0 Å². The first kappa shape index (κ1) is 17.5. The Balaban J connectivity index is 1.85. The lowest BCUT2D eigenvalue weighted by Crippen LogP contribution is -2.37. The van der Waals surface area contributed by atoms with Gasteiger partial charge in [-0.2, -0.15) is 0 Å². The fraction of sp³-hybridized carbons (Fsp3) is 0.200. The number of methoxy groups -OCH3 is 1. The van der Waals surface area contributed by atoms with Crippen LogP contribution in [0.5, 0.6) is 5.75 Å². The molecule has 2 aliphatic rings. The number of esters is 1. The number of amides is 1. The average Bonchev–Trinajstić information content (AvgIpc) is 3.05. The van der Waals surface area contributed by atoms with Gasteiger partial charge in [0.05, 0.1) is 29.1 Å². The zero-order valence-electron chi connectivity index (χ0n) is 14.4. The molecule has 0 saturated carbocycles. The smallest absolute Gasteiger partial charge is 0.336 e. The van der Waals surface area contributed by atoms with Gasteiger partial charge < -0.3 is 9.47 Å². The second-order valence-corrected chi connectivity index (χ2v) is 6.67. The summed E-state index contributed by atoms with van der Waals surface area (Å²) in [6.45, 7) is -0.0272. The molecule has 7 heteroatoms. The van der Waals surface area contributed by atoms with Crippen LogP contribution in [-0.2, 0) is 14.3 Å². The number of hydrogen-bond acceptors (Lipinski definition) is 4. The minimum atomic E-state index is -0.579. The molecule has 1 atom stereocenters. The van der Waals surface area contributed by atoms with E-state index in [1.165, 1.54) is 23.1 Å². The number of hydrogen-bond donors (Lipinski definition) is 0. The quantitative estimate of drug-likeness (QED) is 0.751. The number of nitrogens with zero attached hydrogens (tertiary/aromatic N) is 1. The molecule has 2 aliphatic heterocycles. The van der Waals surface area contributed by atoms with E-state index in [1.54, 1.807) is 13.2 Å². The summed E-state index contributed by atoms with van der Waals surface area (Å²) in [4.78, 5) is 26.8. The molecule has 2 aromatic carbocycles. The number of carbonyl (C=O) groups is 2. The van der Waals surface area contributed by atoms with Crippen LogP contribution in [0.1, 0.15) is 17.9 Å². The first-order valence-corrected chi connectivity index (χ1v) is 8.70. The summed E-state index contributed by atoms with van der Waals surface area (Å²) in [5.74, 6) is -1.15. The number of cyclic esters (lactones) is 1. The maximum Gasteiger partial charge on any atom is 0.336 e. The molecule has 4 rings (SSSR count). The molecule has 0 aliphatic carbocycles. The summed E-state index contributed by atoms with van der Waals surface area (Å²) in [5, 5.41) is -0.0976. The summed E-state index contributed by atoms with van der Waals surface area (Å²) in [5.41, 5.74) is 2.02. The standard InChI is InChI=1S/C20H15ClFNO4/c1-26-17-5-3-2-4-12(17)13-9-18(24)23(16-10-27-20(25)19(13)16)11-6-7-15(22)14(21)8-11/h2-8,13H,9-10H2,1H3/t13-/m0/s1. The molecule has 0 spiro atoms. The third-order valence-corrected chi connectivity index (χ3v) is 5.08. The van der Waals surface area contributed by atoms with Crippen LogP contribution in [0.4, 0.5) is 10.1 Å². The third-order valence-electron chi connectivity index (χ3n) is 4.79. The molecule has 1 amide bonds. The van der Waals surface area contributed by atoms with Crippen LogP contribution >= 0.6 is 11.6 Å². The van der Waals surface area contributed by atoms with E-state index in [1.807, 2.05) is 18.2 Å². The third kappa shape index (κ3) is 2.86. The summed E-state index contributed by atoms with van der Waals surface area (Å²) < 4.78 is 24.1. The molecule has 0 radical (unpaired) electrons. The minimum Gasteiger partial charge on any atom is -0.496 e. The van der Waals surface area contributed by atoms with Crippen LogP contribution in [0.15, 0.2) is 53.7 Å². The number of rotatable bonds is 3. The number of anilines is 1. The maximum absolute atomic E-state index is 13.5. The van der Waals surface area contributed by atoms with Crippen molar-refractivity contribution in [1.82, 2.24) is 0 Å². The lowest BCUT2D eigenvalue weighted by atomic mass is 9.83. The predicted octanol–water partition coefficient (Wildman–Crippen LogP) is 3.82. The highest BCUT2D eigenvalue weighted by Crippen LogP contribution is 2.44. The van der Waals surface area contributed by atoms with Crippen molar-refractivity contribution in [3.63, 3.8) is 0 Å². The summed E-state index contributed by atoms with van der Waals surface area (Å²) >= 11 is 5.87. The summed E-state index contributed by atoms with van der Waals surface area (Å²) in [6.07, 6.45) is 0.0588. The summed E-state index contributed by atoms with van der Waals surface area (Å²) in [6, 6.07) is 11.3. The van der Waals surface area contributed by atoms with Gasteiger partial charge in [0.15, 0.2) is 0 Å². The van der Waals surface area contributed by atoms with Crippen molar-refractivity contribution in [3.8, 4) is 5.75 Å². The molecule has 5 nitrogen and oxygen atoms in total. The minimum absolute atomic E-state index is 0.0272. The SMILES string of the molecule is COc1ccccc1[C@@H]1CC(=O)N(c2ccc(F)c(Cl)c2)C2=C1C(=O)OC2. The highest BCUT2D eigenvalue weighted by Gasteiger charge is 2.43. The van der Waals surface area contributed by atoms with E-state index in [0.29, 0.717) is 22.7 Å². The number of carbonyl (C=O) groups excluding carboxylic acids is 2. The van der Waals surface area contributed by atoms with Gasteiger partial charge in [-0.1, -0.05) is 29.8 Å². The lowest BCUT2D eigenvalue weighted by molar-refractivity contribution is -0.136. The van der Waals surface area contributed by atoms with Gasteiger partial charge in [0.25, 0.3) is 0 Å². The van der Waals surface area contributed by atoms with Crippen LogP contribution in [0.25, 0.3) is 0 Å². The molecule has 0 fully saturated rings. The first-order chi connectivity index (χ1) is 13.0. The molecule has 0 bridgehead atoms. The predicted molar refractivity (Wildman–Crippen MR) is 97.2 cm³/mol. The Kier molecular flexibility index (Phi) is 4.36. The Morgan fingerprint density at radius 1 is 1.22 bits per heavy atom. The average molecular weight is 388 g/mol. The Morgan fingerprint density at radius 3 is 2.74 bits per heavy atom. The lowest BCUT2D eigenvalue weighted by Gasteiger charge is -2.32. The van der Waals surface area contributed by atoms with Crippen LogP contribution in [0.2, 0.25) is 5.02 Å². The van der Waals surface area contributed by atoms with Gasteiger partial charge in [0.2, 0.25) is 5.91 Å². The second kappa shape index (κ2) is 6.70. The summed E-state index contributed by atoms with van der Waals surface area (Å²) in [7, 11) is 1.54. The molecular formula is C20H15ClFNO4. The molecular weight excluding hydrogens is 373 g/mol. The van der Waals surface area contributed by atoms with Gasteiger partial charge in [0, 0.05) is 17.9 Å². The molecule has 2 heterocycles. The number of benzene rings is 2. The molecule has 138 valence electrons. The molecule has 2 aromatic rings. The van der Waals surface area contributed by atoms with E-state index < -0.39 is 17.7 Å². The Morgan fingerprint density at radius 2 is 2.00 bits per heavy atom. The van der Waals surface area contributed by atoms with Crippen molar-refractivity contribution < 1.29 is 23.5 Å². The van der Waals surface area contributed by atoms with E-state index in [2.05, 4.69) is 0 Å². The van der Waals surface area contributed by atoms with Gasteiger partial charge in [-0.3, -0.25) is 9.69 Å². The largest absolute Gasteiger partial charge is 0.496 e. The molecule has 0 unspecified atom stereocenters. The van der Waals surface area contributed by atoms with E-state index in [-0.39, 0.29) is 24.0 Å². The van der Waals surface area contributed by atoms with Gasteiger partial charge in [-0.05, 0) is 24.3 Å². The molecule has 0 saturated heterocycles. The topological polar surface area (TPSA) is 55.8 Å². The van der Waals surface area contributed by atoms with Crippen LogP contribution in [0, 0.1) is 5.82 Å². The zero-order chi connectivity index (χ0) is 19.1. The highest BCUT2D eigenvalue weighted by atomic mass is 35.5. The molecule has 0 N–H and O–H groups in total. The van der Waals surface area contributed by atoms with E-state index >= 15 is 0 Å². The monoisotopic (exact) mass is 387 g/mol.